The number of hydrogen-bond acceptors (Lipinski definition) is 5. The summed E-state index contributed by atoms with van der Waals surface area (Å²) in [5.41, 5.74) is 0. The molecule has 0 aromatic heterocycles. The molecule has 0 amide bonds. The van der Waals surface area contributed by atoms with Crippen LogP contribution >= 0.6 is 0 Å². The fraction of sp³-hybridized carbons (Fsp3) is 0.667. The normalized spacial score (nSPS) is 23.4. The van der Waals surface area contributed by atoms with Crippen molar-refractivity contribution in [3.05, 3.63) is 18.2 Å². The lowest BCUT2D eigenvalue weighted by Crippen LogP contribution is -2.56. The van der Waals surface area contributed by atoms with Gasteiger partial charge in [0.05, 0.1) is 19.1 Å². The Hall–Kier alpha value is -1.31. The lowest BCUT2D eigenvalue weighted by Gasteiger charge is -2.41. The van der Waals surface area contributed by atoms with Gasteiger partial charge < -0.3 is 14.8 Å². The Balaban J connectivity index is 1.91. The lowest BCUT2D eigenvalue weighted by atomic mass is 9.83. The number of sulfonamides is 1. The van der Waals surface area contributed by atoms with Crippen LogP contribution in [-0.4, -0.2) is 52.6 Å². The summed E-state index contributed by atoms with van der Waals surface area (Å²) in [4.78, 5) is 0.271. The molecule has 0 bridgehead atoms. The first-order chi connectivity index (χ1) is 12.1. The Morgan fingerprint density at radius 3 is 2.48 bits per heavy atom. The minimum Gasteiger partial charge on any atom is -0.493 e. The zero-order valence-electron chi connectivity index (χ0n) is 15.0. The average Bonchev–Trinajstić information content (AvgIpc) is 2.68. The van der Waals surface area contributed by atoms with Gasteiger partial charge in [0, 0.05) is 31.7 Å². The van der Waals surface area contributed by atoms with Gasteiger partial charge in [-0.2, -0.15) is 4.31 Å². The Labute approximate surface area is 150 Å². The second kappa shape index (κ2) is 7.93. The van der Waals surface area contributed by atoms with Crippen molar-refractivity contribution in [1.29, 1.82) is 0 Å². The van der Waals surface area contributed by atoms with Gasteiger partial charge in [-0.05, 0) is 30.9 Å². The molecule has 2 aliphatic rings. The van der Waals surface area contributed by atoms with Gasteiger partial charge in [0.15, 0.2) is 11.5 Å². The Morgan fingerprint density at radius 1 is 1.08 bits per heavy atom. The third kappa shape index (κ3) is 3.78. The molecule has 1 aliphatic heterocycles. The van der Waals surface area contributed by atoms with E-state index in [9.17, 15) is 8.42 Å². The SMILES string of the molecule is COc1ccc(S(=O)(=O)N2CCNCC2C2CCCCC2)cc1OC. The monoisotopic (exact) mass is 368 g/mol. The fourth-order valence-electron chi connectivity index (χ4n) is 4.04. The average molecular weight is 368 g/mol. The van der Waals surface area contributed by atoms with Crippen LogP contribution in [-0.2, 0) is 10.0 Å². The molecule has 140 valence electrons. The predicted octanol–water partition coefficient (Wildman–Crippen LogP) is 2.25. The van der Waals surface area contributed by atoms with Crippen LogP contribution in [0.2, 0.25) is 0 Å². The summed E-state index contributed by atoms with van der Waals surface area (Å²) in [6.45, 7) is 1.94. The highest BCUT2D eigenvalue weighted by atomic mass is 32.2. The van der Waals surface area contributed by atoms with Crippen LogP contribution in [0.5, 0.6) is 11.5 Å². The third-order valence-corrected chi connectivity index (χ3v) is 7.31. The smallest absolute Gasteiger partial charge is 0.243 e. The first-order valence-electron chi connectivity index (χ1n) is 9.02. The Kier molecular flexibility index (Phi) is 5.86. The van der Waals surface area contributed by atoms with Gasteiger partial charge in [0.25, 0.3) is 0 Å². The first kappa shape index (κ1) is 18.5. The molecule has 25 heavy (non-hydrogen) atoms. The molecule has 0 radical (unpaired) electrons. The molecular weight excluding hydrogens is 340 g/mol. The van der Waals surface area contributed by atoms with Gasteiger partial charge in [-0.25, -0.2) is 8.42 Å². The largest absolute Gasteiger partial charge is 0.493 e. The lowest BCUT2D eigenvalue weighted by molar-refractivity contribution is 0.164. The molecule has 1 saturated heterocycles. The minimum absolute atomic E-state index is 0.0344. The van der Waals surface area contributed by atoms with E-state index in [0.29, 0.717) is 30.5 Å². The molecule has 2 fully saturated rings. The van der Waals surface area contributed by atoms with Crippen molar-refractivity contribution < 1.29 is 17.9 Å². The number of rotatable bonds is 5. The summed E-state index contributed by atoms with van der Waals surface area (Å²) in [6, 6.07) is 4.86. The third-order valence-electron chi connectivity index (χ3n) is 5.39. The van der Waals surface area contributed by atoms with Gasteiger partial charge in [-0.1, -0.05) is 19.3 Å². The number of piperazine rings is 1. The summed E-state index contributed by atoms with van der Waals surface area (Å²) in [5, 5.41) is 3.38. The van der Waals surface area contributed by atoms with E-state index < -0.39 is 10.0 Å². The number of methoxy groups -OCH3 is 2. The van der Waals surface area contributed by atoms with Gasteiger partial charge in [-0.15, -0.1) is 0 Å². The second-order valence-corrected chi connectivity index (χ2v) is 8.69. The van der Waals surface area contributed by atoms with E-state index in [1.165, 1.54) is 26.4 Å². The highest BCUT2D eigenvalue weighted by Gasteiger charge is 2.38. The van der Waals surface area contributed by atoms with Crippen LogP contribution < -0.4 is 14.8 Å². The molecular formula is C18H28N2O4S. The molecule has 1 unspecified atom stereocenters. The minimum atomic E-state index is -3.56. The van der Waals surface area contributed by atoms with Crippen LogP contribution in [0.15, 0.2) is 23.1 Å². The van der Waals surface area contributed by atoms with E-state index in [0.717, 1.165) is 19.4 Å². The molecule has 1 aromatic carbocycles. The van der Waals surface area contributed by atoms with E-state index in [1.807, 2.05) is 0 Å². The van der Waals surface area contributed by atoms with Crippen LogP contribution in [0, 0.1) is 5.92 Å². The molecule has 1 aromatic rings. The summed E-state index contributed by atoms with van der Waals surface area (Å²) in [7, 11) is -0.499. The summed E-state index contributed by atoms with van der Waals surface area (Å²) in [6.07, 6.45) is 5.89. The molecule has 1 heterocycles. The summed E-state index contributed by atoms with van der Waals surface area (Å²) in [5.74, 6) is 1.41. The van der Waals surface area contributed by atoms with Gasteiger partial charge in [0.1, 0.15) is 0 Å². The van der Waals surface area contributed by atoms with Crippen molar-refractivity contribution in [3.63, 3.8) is 0 Å². The molecule has 1 saturated carbocycles. The number of nitrogens with zero attached hydrogens (tertiary/aromatic N) is 1. The van der Waals surface area contributed by atoms with Crippen LogP contribution in [0.1, 0.15) is 32.1 Å². The molecule has 1 N–H and O–H groups in total. The highest BCUT2D eigenvalue weighted by Crippen LogP contribution is 2.35. The number of hydrogen-bond donors (Lipinski definition) is 1. The molecule has 1 aliphatic carbocycles. The second-order valence-electron chi connectivity index (χ2n) is 6.80. The fourth-order valence-corrected chi connectivity index (χ4v) is 5.74. The van der Waals surface area contributed by atoms with Crippen molar-refractivity contribution in [2.24, 2.45) is 5.92 Å². The molecule has 7 heteroatoms. The molecule has 6 nitrogen and oxygen atoms in total. The maximum Gasteiger partial charge on any atom is 0.243 e. The van der Waals surface area contributed by atoms with Gasteiger partial charge in [-0.3, -0.25) is 0 Å². The molecule has 3 rings (SSSR count). The van der Waals surface area contributed by atoms with Crippen molar-refractivity contribution in [2.45, 2.75) is 43.0 Å². The van der Waals surface area contributed by atoms with Crippen molar-refractivity contribution >= 4 is 10.0 Å². The van der Waals surface area contributed by atoms with Gasteiger partial charge >= 0.3 is 0 Å². The zero-order valence-corrected chi connectivity index (χ0v) is 15.8. The first-order valence-corrected chi connectivity index (χ1v) is 10.5. The van der Waals surface area contributed by atoms with Crippen LogP contribution in [0.4, 0.5) is 0 Å². The summed E-state index contributed by atoms with van der Waals surface area (Å²) >= 11 is 0. The number of benzene rings is 1. The van der Waals surface area contributed by atoms with E-state index in [2.05, 4.69) is 5.32 Å². The standard InChI is InChI=1S/C18H28N2O4S/c1-23-17-9-8-15(12-18(17)24-2)25(21,22)20-11-10-19-13-16(20)14-6-4-3-5-7-14/h8-9,12,14,16,19H,3-7,10-11,13H2,1-2H3. The van der Waals surface area contributed by atoms with Crippen molar-refractivity contribution in [2.75, 3.05) is 33.9 Å². The van der Waals surface area contributed by atoms with Crippen LogP contribution in [0.25, 0.3) is 0 Å². The summed E-state index contributed by atoms with van der Waals surface area (Å²) < 4.78 is 38.8. The zero-order chi connectivity index (χ0) is 17.9. The quantitative estimate of drug-likeness (QED) is 0.863. The van der Waals surface area contributed by atoms with Crippen molar-refractivity contribution in [1.82, 2.24) is 9.62 Å². The Morgan fingerprint density at radius 2 is 1.80 bits per heavy atom. The number of ether oxygens (including phenoxy) is 2. The molecule has 0 spiro atoms. The predicted molar refractivity (Wildman–Crippen MR) is 96.7 cm³/mol. The van der Waals surface area contributed by atoms with E-state index >= 15 is 0 Å². The Bertz CT molecular complexity index is 686. The molecule has 1 atom stereocenters. The maximum absolute atomic E-state index is 13.3. The van der Waals surface area contributed by atoms with Gasteiger partial charge in [0.2, 0.25) is 10.0 Å². The number of nitrogens with one attached hydrogen (secondary N) is 1. The van der Waals surface area contributed by atoms with E-state index in [-0.39, 0.29) is 10.9 Å². The maximum atomic E-state index is 13.3. The van der Waals surface area contributed by atoms with E-state index in [4.69, 9.17) is 9.47 Å². The topological polar surface area (TPSA) is 67.9 Å². The van der Waals surface area contributed by atoms with Crippen molar-refractivity contribution in [3.8, 4) is 11.5 Å². The van der Waals surface area contributed by atoms with Crippen LogP contribution in [0.3, 0.4) is 0 Å². The highest BCUT2D eigenvalue weighted by molar-refractivity contribution is 7.89. The van der Waals surface area contributed by atoms with E-state index in [1.54, 1.807) is 29.6 Å².